The molecule has 0 radical (unpaired) electrons. The first-order valence-corrected chi connectivity index (χ1v) is 5.67. The lowest BCUT2D eigenvalue weighted by molar-refractivity contribution is -0.391. The molecule has 0 aliphatic rings. The largest absolute Gasteiger partial charge is 0.358 e. The molecule has 1 heterocycles. The van der Waals surface area contributed by atoms with Gasteiger partial charge in [-0.15, -0.1) is 11.6 Å². The zero-order valence-corrected chi connectivity index (χ0v) is 10.4. The van der Waals surface area contributed by atoms with Crippen LogP contribution in [-0.2, 0) is 7.05 Å². The normalized spacial score (nSPS) is 12.2. The number of halogens is 1. The maximum atomic E-state index is 11.8. The van der Waals surface area contributed by atoms with Gasteiger partial charge < -0.3 is 15.4 Å². The molecule has 0 aliphatic heterocycles. The summed E-state index contributed by atoms with van der Waals surface area (Å²) in [5, 5.41) is 13.3. The molecule has 1 aromatic rings. The lowest BCUT2D eigenvalue weighted by atomic mass is 10.2. The van der Waals surface area contributed by atoms with Crippen LogP contribution in [0.2, 0.25) is 0 Å². The number of amides is 1. The standard InChI is InChI=1S/C10H14ClN3O3/c1-7(5-6-11)12-10(15)8-3-4-9(13(8)2)14(16)17/h3-4,7H,5-6H2,1-2H3,(H,12,15). The molecule has 0 aromatic carbocycles. The van der Waals surface area contributed by atoms with Gasteiger partial charge in [0.25, 0.3) is 5.91 Å². The Morgan fingerprint density at radius 1 is 1.65 bits per heavy atom. The first-order chi connectivity index (χ1) is 7.97. The van der Waals surface area contributed by atoms with Crippen LogP contribution in [0.15, 0.2) is 12.1 Å². The van der Waals surface area contributed by atoms with Crippen molar-refractivity contribution in [1.82, 2.24) is 9.88 Å². The van der Waals surface area contributed by atoms with Crippen molar-refractivity contribution in [2.75, 3.05) is 5.88 Å². The molecule has 0 saturated heterocycles. The predicted octanol–water partition coefficient (Wildman–Crippen LogP) is 1.68. The zero-order chi connectivity index (χ0) is 13.0. The van der Waals surface area contributed by atoms with Gasteiger partial charge in [0.1, 0.15) is 0 Å². The number of nitro groups is 1. The molecule has 1 N–H and O–H groups in total. The third-order valence-electron chi connectivity index (χ3n) is 2.43. The van der Waals surface area contributed by atoms with Crippen molar-refractivity contribution in [3.05, 3.63) is 27.9 Å². The summed E-state index contributed by atoms with van der Waals surface area (Å²) < 4.78 is 1.25. The van der Waals surface area contributed by atoms with Crippen molar-refractivity contribution in [2.45, 2.75) is 19.4 Å². The van der Waals surface area contributed by atoms with E-state index in [0.29, 0.717) is 12.3 Å². The van der Waals surface area contributed by atoms with Gasteiger partial charge in [0.05, 0.1) is 7.05 Å². The fraction of sp³-hybridized carbons (Fsp3) is 0.500. The van der Waals surface area contributed by atoms with Crippen LogP contribution in [0.5, 0.6) is 0 Å². The van der Waals surface area contributed by atoms with Gasteiger partial charge in [-0.05, 0) is 24.3 Å². The van der Waals surface area contributed by atoms with Crippen molar-refractivity contribution in [2.24, 2.45) is 7.05 Å². The highest BCUT2D eigenvalue weighted by Crippen LogP contribution is 2.15. The van der Waals surface area contributed by atoms with Crippen LogP contribution >= 0.6 is 11.6 Å². The Hall–Kier alpha value is -1.56. The van der Waals surface area contributed by atoms with Crippen LogP contribution in [0.4, 0.5) is 5.82 Å². The lowest BCUT2D eigenvalue weighted by Gasteiger charge is -2.11. The molecule has 0 saturated carbocycles. The van der Waals surface area contributed by atoms with E-state index in [0.717, 1.165) is 0 Å². The first kappa shape index (κ1) is 13.5. The van der Waals surface area contributed by atoms with Gasteiger partial charge in [-0.3, -0.25) is 4.79 Å². The summed E-state index contributed by atoms with van der Waals surface area (Å²) >= 11 is 5.56. The number of carbonyl (C=O) groups is 1. The smallest absolute Gasteiger partial charge is 0.323 e. The highest BCUT2D eigenvalue weighted by Gasteiger charge is 2.21. The number of hydrogen-bond donors (Lipinski definition) is 1. The topological polar surface area (TPSA) is 77.2 Å². The average molecular weight is 260 g/mol. The Labute approximate surface area is 104 Å². The van der Waals surface area contributed by atoms with Crippen molar-refractivity contribution < 1.29 is 9.72 Å². The van der Waals surface area contributed by atoms with Crippen LogP contribution in [-0.4, -0.2) is 27.3 Å². The third-order valence-corrected chi connectivity index (χ3v) is 2.65. The number of nitrogens with zero attached hydrogens (tertiary/aromatic N) is 2. The Morgan fingerprint density at radius 3 is 2.76 bits per heavy atom. The summed E-state index contributed by atoms with van der Waals surface area (Å²) in [7, 11) is 1.49. The molecular formula is C10H14ClN3O3. The number of rotatable bonds is 5. The van der Waals surface area contributed by atoms with Gasteiger partial charge in [0.15, 0.2) is 5.69 Å². The molecule has 1 unspecified atom stereocenters. The van der Waals surface area contributed by atoms with E-state index in [1.54, 1.807) is 0 Å². The van der Waals surface area contributed by atoms with Crippen LogP contribution < -0.4 is 5.32 Å². The molecule has 1 atom stereocenters. The summed E-state index contributed by atoms with van der Waals surface area (Å²) in [6, 6.07) is 2.68. The summed E-state index contributed by atoms with van der Waals surface area (Å²) in [6.07, 6.45) is 0.653. The molecule has 94 valence electrons. The van der Waals surface area contributed by atoms with E-state index in [4.69, 9.17) is 11.6 Å². The fourth-order valence-corrected chi connectivity index (χ4v) is 1.77. The third kappa shape index (κ3) is 3.20. The van der Waals surface area contributed by atoms with E-state index in [-0.39, 0.29) is 23.5 Å². The van der Waals surface area contributed by atoms with Gasteiger partial charge in [-0.1, -0.05) is 0 Å². The van der Waals surface area contributed by atoms with Crippen molar-refractivity contribution in [1.29, 1.82) is 0 Å². The summed E-state index contributed by atoms with van der Waals surface area (Å²) in [6.45, 7) is 1.83. The van der Waals surface area contributed by atoms with Gasteiger partial charge in [-0.2, -0.15) is 0 Å². The molecule has 7 heteroatoms. The van der Waals surface area contributed by atoms with E-state index in [9.17, 15) is 14.9 Å². The highest BCUT2D eigenvalue weighted by molar-refractivity contribution is 6.17. The van der Waals surface area contributed by atoms with E-state index in [1.165, 1.54) is 23.7 Å². The molecule has 0 fully saturated rings. The minimum absolute atomic E-state index is 0.0612. The SMILES string of the molecule is CC(CCCl)NC(=O)c1ccc([N+](=O)[O-])n1C. The fourth-order valence-electron chi connectivity index (χ4n) is 1.45. The Kier molecular flexibility index (Phi) is 4.51. The molecule has 0 aliphatic carbocycles. The number of carbonyl (C=O) groups excluding carboxylic acids is 1. The second-order valence-corrected chi connectivity index (χ2v) is 4.12. The van der Waals surface area contributed by atoms with E-state index < -0.39 is 4.92 Å². The van der Waals surface area contributed by atoms with Crippen LogP contribution in [0.1, 0.15) is 23.8 Å². The zero-order valence-electron chi connectivity index (χ0n) is 9.64. The van der Waals surface area contributed by atoms with E-state index in [2.05, 4.69) is 5.32 Å². The van der Waals surface area contributed by atoms with E-state index in [1.807, 2.05) is 6.92 Å². The van der Waals surface area contributed by atoms with Crippen molar-refractivity contribution >= 4 is 23.3 Å². The molecule has 0 bridgehead atoms. The Bertz CT molecular complexity index is 430. The summed E-state index contributed by atoms with van der Waals surface area (Å²) in [5.41, 5.74) is 0.262. The van der Waals surface area contributed by atoms with Gasteiger partial charge in [-0.25, -0.2) is 4.57 Å². The lowest BCUT2D eigenvalue weighted by Crippen LogP contribution is -2.33. The van der Waals surface area contributed by atoms with Crippen molar-refractivity contribution in [3.8, 4) is 0 Å². The molecule has 0 spiro atoms. The van der Waals surface area contributed by atoms with Gasteiger partial charge in [0.2, 0.25) is 0 Å². The van der Waals surface area contributed by atoms with Crippen molar-refractivity contribution in [3.63, 3.8) is 0 Å². The van der Waals surface area contributed by atoms with E-state index >= 15 is 0 Å². The van der Waals surface area contributed by atoms with Crippen LogP contribution in [0, 0.1) is 10.1 Å². The second kappa shape index (κ2) is 5.67. The molecule has 1 aromatic heterocycles. The second-order valence-electron chi connectivity index (χ2n) is 3.75. The number of nitrogens with one attached hydrogen (secondary N) is 1. The summed E-state index contributed by atoms with van der Waals surface area (Å²) in [4.78, 5) is 21.9. The molecule has 17 heavy (non-hydrogen) atoms. The minimum Gasteiger partial charge on any atom is -0.358 e. The first-order valence-electron chi connectivity index (χ1n) is 5.14. The summed E-state index contributed by atoms with van der Waals surface area (Å²) in [5.74, 6) is 0.00715. The number of aromatic nitrogens is 1. The number of alkyl halides is 1. The minimum atomic E-state index is -0.529. The predicted molar refractivity (Wildman–Crippen MR) is 64.3 cm³/mol. The van der Waals surface area contributed by atoms with Gasteiger partial charge >= 0.3 is 5.82 Å². The van der Waals surface area contributed by atoms with Gasteiger partial charge in [0, 0.05) is 18.0 Å². The Balaban J connectivity index is 2.80. The number of hydrogen-bond acceptors (Lipinski definition) is 3. The molecular weight excluding hydrogens is 246 g/mol. The maximum absolute atomic E-state index is 11.8. The molecule has 1 amide bonds. The molecule has 1 rings (SSSR count). The van der Waals surface area contributed by atoms with Crippen LogP contribution in [0.25, 0.3) is 0 Å². The highest BCUT2D eigenvalue weighted by atomic mass is 35.5. The molecule has 6 nitrogen and oxygen atoms in total. The average Bonchev–Trinajstić information content (AvgIpc) is 2.60. The maximum Gasteiger partial charge on any atom is 0.323 e. The quantitative estimate of drug-likeness (QED) is 0.496. The van der Waals surface area contributed by atoms with Crippen LogP contribution in [0.3, 0.4) is 0 Å². The monoisotopic (exact) mass is 259 g/mol. The Morgan fingerprint density at radius 2 is 2.29 bits per heavy atom.